The molecule has 3 rings (SSSR count). The Kier molecular flexibility index (Phi) is 4.46. The van der Waals surface area contributed by atoms with Gasteiger partial charge in [0.1, 0.15) is 0 Å². The van der Waals surface area contributed by atoms with Crippen molar-refractivity contribution in [3.05, 3.63) is 42.4 Å². The first-order chi connectivity index (χ1) is 10.9. The smallest absolute Gasteiger partial charge is 0.175 e. The van der Waals surface area contributed by atoms with Gasteiger partial charge in [0, 0.05) is 30.5 Å². The van der Waals surface area contributed by atoms with Crippen LogP contribution < -0.4 is 0 Å². The van der Waals surface area contributed by atoms with E-state index in [-0.39, 0.29) is 0 Å². The average molecular weight is 331 g/mol. The number of benzene rings is 1. The fraction of sp³-hybridized carbons (Fsp3) is 0.412. The largest absolute Gasteiger partial charge is 0.306 e. The number of sulfone groups is 1. The normalized spacial score (nSPS) is 19.7. The second-order valence-corrected chi connectivity index (χ2v) is 8.24. The van der Waals surface area contributed by atoms with Crippen molar-refractivity contribution in [1.29, 1.82) is 0 Å². The first-order valence-corrected chi connectivity index (χ1v) is 9.63. The van der Waals surface area contributed by atoms with Gasteiger partial charge in [0.25, 0.3) is 0 Å². The predicted octanol–water partition coefficient (Wildman–Crippen LogP) is 2.36. The van der Waals surface area contributed by atoms with Crippen molar-refractivity contribution in [1.82, 2.24) is 14.9 Å². The van der Waals surface area contributed by atoms with E-state index in [1.165, 1.54) is 12.7 Å². The summed E-state index contributed by atoms with van der Waals surface area (Å²) in [5.74, 6) is 0.447. The molecule has 0 N–H and O–H groups in total. The molecule has 23 heavy (non-hydrogen) atoms. The minimum atomic E-state index is -3.17. The lowest BCUT2D eigenvalue weighted by molar-refractivity contribution is 0.248. The average Bonchev–Trinajstić information content (AvgIpc) is 2.54. The molecular weight excluding hydrogens is 310 g/mol. The standard InChI is InChI=1S/C17H21N3O2S/c1-20-9-3-4-14(12-20)17-11-18-16(10-19-17)13-5-7-15(8-6-13)23(2,21)22/h5-8,10-11,14H,3-4,9,12H2,1-2H3/t14-/m1/s1. The molecule has 2 aromatic rings. The Balaban J connectivity index is 1.79. The molecule has 122 valence electrons. The number of nitrogens with zero attached hydrogens (tertiary/aromatic N) is 3. The number of rotatable bonds is 3. The van der Waals surface area contributed by atoms with Crippen LogP contribution in [-0.4, -0.2) is 49.7 Å². The quantitative estimate of drug-likeness (QED) is 0.864. The van der Waals surface area contributed by atoms with Crippen LogP contribution in [0.1, 0.15) is 24.5 Å². The molecule has 0 spiro atoms. The minimum absolute atomic E-state index is 0.316. The summed E-state index contributed by atoms with van der Waals surface area (Å²) in [6.07, 6.45) is 7.18. The van der Waals surface area contributed by atoms with Crippen molar-refractivity contribution in [2.45, 2.75) is 23.7 Å². The van der Waals surface area contributed by atoms with Gasteiger partial charge >= 0.3 is 0 Å². The molecule has 1 saturated heterocycles. The van der Waals surface area contributed by atoms with E-state index in [0.717, 1.165) is 36.5 Å². The van der Waals surface area contributed by atoms with Gasteiger partial charge in [-0.1, -0.05) is 12.1 Å². The molecule has 1 aromatic carbocycles. The first kappa shape index (κ1) is 16.1. The Morgan fingerprint density at radius 2 is 1.87 bits per heavy atom. The molecule has 1 fully saturated rings. The summed E-state index contributed by atoms with van der Waals surface area (Å²) in [5.41, 5.74) is 2.67. The van der Waals surface area contributed by atoms with E-state index >= 15 is 0 Å². The van der Waals surface area contributed by atoms with Gasteiger partial charge in [0.2, 0.25) is 0 Å². The van der Waals surface area contributed by atoms with Gasteiger partial charge in [0.05, 0.1) is 22.5 Å². The van der Waals surface area contributed by atoms with Gasteiger partial charge in [-0.15, -0.1) is 0 Å². The molecular formula is C17H21N3O2S. The molecule has 2 heterocycles. The second-order valence-electron chi connectivity index (χ2n) is 6.22. The maximum absolute atomic E-state index is 11.5. The maximum Gasteiger partial charge on any atom is 0.175 e. The highest BCUT2D eigenvalue weighted by atomic mass is 32.2. The Morgan fingerprint density at radius 1 is 1.13 bits per heavy atom. The summed E-state index contributed by atoms with van der Waals surface area (Å²) in [6, 6.07) is 6.76. The topological polar surface area (TPSA) is 63.2 Å². The summed E-state index contributed by atoms with van der Waals surface area (Å²) in [7, 11) is -1.03. The molecule has 0 amide bonds. The number of hydrogen-bond donors (Lipinski definition) is 0. The lowest BCUT2D eigenvalue weighted by Crippen LogP contribution is -2.31. The molecule has 0 aliphatic carbocycles. The molecule has 0 radical (unpaired) electrons. The lowest BCUT2D eigenvalue weighted by atomic mass is 9.95. The summed E-state index contributed by atoms with van der Waals surface area (Å²) in [5, 5.41) is 0. The molecule has 1 aliphatic heterocycles. The maximum atomic E-state index is 11.5. The van der Waals surface area contributed by atoms with Crippen LogP contribution in [0.15, 0.2) is 41.6 Å². The van der Waals surface area contributed by atoms with Crippen LogP contribution in [-0.2, 0) is 9.84 Å². The summed E-state index contributed by atoms with van der Waals surface area (Å²) in [6.45, 7) is 2.17. The minimum Gasteiger partial charge on any atom is -0.306 e. The van der Waals surface area contributed by atoms with Crippen LogP contribution in [0.2, 0.25) is 0 Å². The second kappa shape index (κ2) is 6.37. The zero-order chi connectivity index (χ0) is 16.4. The molecule has 1 aromatic heterocycles. The monoisotopic (exact) mass is 331 g/mol. The number of likely N-dealkylation sites (N-methyl/N-ethyl adjacent to an activating group) is 1. The van der Waals surface area contributed by atoms with Gasteiger partial charge in [-0.25, -0.2) is 8.42 Å². The molecule has 0 saturated carbocycles. The molecule has 0 bridgehead atoms. The van der Waals surface area contributed by atoms with E-state index in [1.54, 1.807) is 30.5 Å². The lowest BCUT2D eigenvalue weighted by Gasteiger charge is -2.29. The summed E-state index contributed by atoms with van der Waals surface area (Å²) in [4.78, 5) is 11.7. The fourth-order valence-corrected chi connectivity index (χ4v) is 3.61. The Hall–Kier alpha value is -1.79. The number of piperidine rings is 1. The van der Waals surface area contributed by atoms with Crippen LogP contribution in [0.4, 0.5) is 0 Å². The fourth-order valence-electron chi connectivity index (χ4n) is 2.98. The number of hydrogen-bond acceptors (Lipinski definition) is 5. The van der Waals surface area contributed by atoms with Crippen molar-refractivity contribution in [3.8, 4) is 11.3 Å². The summed E-state index contributed by atoms with van der Waals surface area (Å²) < 4.78 is 23.0. The van der Waals surface area contributed by atoms with E-state index in [2.05, 4.69) is 21.9 Å². The van der Waals surface area contributed by atoms with Gasteiger partial charge in [-0.05, 0) is 38.6 Å². The first-order valence-electron chi connectivity index (χ1n) is 7.74. The molecule has 1 atom stereocenters. The van der Waals surface area contributed by atoms with Gasteiger partial charge < -0.3 is 4.90 Å². The third kappa shape index (κ3) is 3.76. The highest BCUT2D eigenvalue weighted by Crippen LogP contribution is 2.25. The highest BCUT2D eigenvalue weighted by molar-refractivity contribution is 7.90. The Labute approximate surface area is 137 Å². The van der Waals surface area contributed by atoms with Gasteiger partial charge in [-0.2, -0.15) is 0 Å². The van der Waals surface area contributed by atoms with Gasteiger partial charge in [0.15, 0.2) is 9.84 Å². The van der Waals surface area contributed by atoms with E-state index < -0.39 is 9.84 Å². The van der Waals surface area contributed by atoms with E-state index in [9.17, 15) is 8.42 Å². The van der Waals surface area contributed by atoms with Crippen LogP contribution >= 0.6 is 0 Å². The van der Waals surface area contributed by atoms with Crippen molar-refractivity contribution in [3.63, 3.8) is 0 Å². The third-order valence-electron chi connectivity index (χ3n) is 4.29. The molecule has 0 unspecified atom stereocenters. The number of aromatic nitrogens is 2. The Bertz CT molecular complexity index is 770. The van der Waals surface area contributed by atoms with Crippen molar-refractivity contribution >= 4 is 9.84 Å². The third-order valence-corrected chi connectivity index (χ3v) is 5.42. The predicted molar refractivity (Wildman–Crippen MR) is 90.0 cm³/mol. The molecule has 5 nitrogen and oxygen atoms in total. The zero-order valence-corrected chi connectivity index (χ0v) is 14.3. The SMILES string of the molecule is CN1CCC[C@@H](c2cnc(-c3ccc(S(C)(=O)=O)cc3)cn2)C1. The Morgan fingerprint density at radius 3 is 2.43 bits per heavy atom. The van der Waals surface area contributed by atoms with E-state index in [4.69, 9.17) is 0 Å². The van der Waals surface area contributed by atoms with E-state index in [1.807, 2.05) is 6.20 Å². The van der Waals surface area contributed by atoms with Crippen molar-refractivity contribution in [2.75, 3.05) is 26.4 Å². The number of likely N-dealkylation sites (tertiary alicyclic amines) is 1. The van der Waals surface area contributed by atoms with Crippen LogP contribution in [0.25, 0.3) is 11.3 Å². The van der Waals surface area contributed by atoms with Crippen molar-refractivity contribution in [2.24, 2.45) is 0 Å². The molecule has 6 heteroatoms. The van der Waals surface area contributed by atoms with Crippen molar-refractivity contribution < 1.29 is 8.42 Å². The highest BCUT2D eigenvalue weighted by Gasteiger charge is 2.20. The summed E-state index contributed by atoms with van der Waals surface area (Å²) >= 11 is 0. The van der Waals surface area contributed by atoms with Crippen LogP contribution in [0.3, 0.4) is 0 Å². The molecule has 1 aliphatic rings. The van der Waals surface area contributed by atoms with Gasteiger partial charge in [-0.3, -0.25) is 9.97 Å². The zero-order valence-electron chi connectivity index (χ0n) is 13.4. The van der Waals surface area contributed by atoms with E-state index in [0.29, 0.717) is 10.8 Å². The van der Waals surface area contributed by atoms with Crippen LogP contribution in [0, 0.1) is 0 Å². The van der Waals surface area contributed by atoms with Crippen LogP contribution in [0.5, 0.6) is 0 Å².